The van der Waals surface area contributed by atoms with Crippen LogP contribution >= 0.6 is 0 Å². The number of aliphatic hydroxyl groups is 1. The first-order valence-corrected chi connectivity index (χ1v) is 6.85. The van der Waals surface area contributed by atoms with Crippen molar-refractivity contribution in [2.75, 3.05) is 5.73 Å². The Morgan fingerprint density at radius 3 is 2.59 bits per heavy atom. The molecule has 5 nitrogen and oxygen atoms in total. The van der Waals surface area contributed by atoms with Crippen LogP contribution in [0, 0.1) is 0 Å². The smallest absolute Gasteiger partial charge is 0.240 e. The van der Waals surface area contributed by atoms with Gasteiger partial charge in [-0.2, -0.15) is 0 Å². The van der Waals surface area contributed by atoms with Crippen LogP contribution in [0.4, 0.5) is 5.69 Å². The molecule has 1 aromatic carbocycles. The number of anilines is 1. The number of sulfonamides is 1. The monoisotopic (exact) mass is 258 g/mol. The molecule has 0 bridgehead atoms. The molecule has 6 heteroatoms. The van der Waals surface area contributed by atoms with E-state index in [1.165, 1.54) is 12.1 Å². The molecule has 17 heavy (non-hydrogen) atoms. The van der Waals surface area contributed by atoms with E-state index in [2.05, 4.69) is 4.72 Å². The maximum absolute atomic E-state index is 11.9. The molecule has 1 aromatic rings. The highest BCUT2D eigenvalue weighted by atomic mass is 32.2. The molecule has 0 heterocycles. The Hall–Kier alpha value is -1.11. The van der Waals surface area contributed by atoms with Crippen LogP contribution in [0.2, 0.25) is 0 Å². The summed E-state index contributed by atoms with van der Waals surface area (Å²) in [5.41, 5.74) is 5.93. The molecule has 0 aliphatic carbocycles. The van der Waals surface area contributed by atoms with Crippen LogP contribution in [-0.2, 0) is 10.0 Å². The summed E-state index contributed by atoms with van der Waals surface area (Å²) in [5, 5.41) is 9.18. The zero-order valence-corrected chi connectivity index (χ0v) is 10.7. The van der Waals surface area contributed by atoms with Crippen molar-refractivity contribution >= 4 is 15.7 Å². The summed E-state index contributed by atoms with van der Waals surface area (Å²) in [6.07, 6.45) is -0.185. The minimum absolute atomic E-state index is 0.134. The largest absolute Gasteiger partial charge is 0.399 e. The molecule has 0 aliphatic rings. The number of nitrogen functional groups attached to an aromatic ring is 1. The third kappa shape index (κ3) is 4.33. The lowest BCUT2D eigenvalue weighted by Gasteiger charge is -2.15. The second-order valence-electron chi connectivity index (χ2n) is 4.18. The topological polar surface area (TPSA) is 92.4 Å². The Morgan fingerprint density at radius 1 is 1.41 bits per heavy atom. The van der Waals surface area contributed by atoms with Gasteiger partial charge in [0.1, 0.15) is 0 Å². The molecule has 0 spiro atoms. The van der Waals surface area contributed by atoms with E-state index in [4.69, 9.17) is 5.73 Å². The fourth-order valence-corrected chi connectivity index (χ4v) is 2.89. The van der Waals surface area contributed by atoms with Crippen molar-refractivity contribution < 1.29 is 13.5 Å². The molecule has 0 radical (unpaired) electrons. The number of nitrogens with one attached hydrogen (secondary N) is 1. The highest BCUT2D eigenvalue weighted by Crippen LogP contribution is 2.13. The van der Waals surface area contributed by atoms with Crippen molar-refractivity contribution in [3.63, 3.8) is 0 Å². The standard InChI is InChI=1S/C11H18N2O3S/c1-8(6-9(2)14)13-17(15,16)11-5-3-4-10(12)7-11/h3-5,7-9,13-14H,6,12H2,1-2H3. The molecule has 0 fully saturated rings. The van der Waals surface area contributed by atoms with E-state index in [0.29, 0.717) is 12.1 Å². The van der Waals surface area contributed by atoms with E-state index in [1.807, 2.05) is 0 Å². The first kappa shape index (κ1) is 14.0. The second-order valence-corrected chi connectivity index (χ2v) is 5.89. The van der Waals surface area contributed by atoms with Crippen molar-refractivity contribution in [1.29, 1.82) is 0 Å². The SMILES string of the molecule is CC(O)CC(C)NS(=O)(=O)c1cccc(N)c1. The van der Waals surface area contributed by atoms with Crippen LogP contribution in [-0.4, -0.2) is 25.7 Å². The Morgan fingerprint density at radius 2 is 2.06 bits per heavy atom. The Bertz CT molecular complexity index is 471. The van der Waals surface area contributed by atoms with Gasteiger partial charge in [-0.15, -0.1) is 0 Å². The Kier molecular flexibility index (Phi) is 4.50. The van der Waals surface area contributed by atoms with Crippen LogP contribution in [0.3, 0.4) is 0 Å². The minimum atomic E-state index is -3.57. The zero-order valence-electron chi connectivity index (χ0n) is 9.92. The van der Waals surface area contributed by atoms with Crippen molar-refractivity contribution in [2.45, 2.75) is 37.3 Å². The molecule has 2 atom stereocenters. The Labute approximate surface area is 102 Å². The van der Waals surface area contributed by atoms with Gasteiger partial charge in [0.2, 0.25) is 10.0 Å². The number of hydrogen-bond acceptors (Lipinski definition) is 4. The summed E-state index contributed by atoms with van der Waals surface area (Å²) in [5.74, 6) is 0. The van der Waals surface area contributed by atoms with E-state index in [-0.39, 0.29) is 10.9 Å². The Balaban J connectivity index is 2.82. The summed E-state index contributed by atoms with van der Waals surface area (Å²) in [6.45, 7) is 3.32. The summed E-state index contributed by atoms with van der Waals surface area (Å²) in [4.78, 5) is 0.134. The average Bonchev–Trinajstić information content (AvgIpc) is 2.15. The number of hydrogen-bond donors (Lipinski definition) is 3. The van der Waals surface area contributed by atoms with E-state index in [0.717, 1.165) is 0 Å². The lowest BCUT2D eigenvalue weighted by Crippen LogP contribution is -2.34. The quantitative estimate of drug-likeness (QED) is 0.678. The van der Waals surface area contributed by atoms with Gasteiger partial charge in [0, 0.05) is 11.7 Å². The van der Waals surface area contributed by atoms with E-state index < -0.39 is 16.1 Å². The summed E-state index contributed by atoms with van der Waals surface area (Å²) in [6, 6.07) is 5.76. The molecule has 0 aliphatic heterocycles. The predicted octanol–water partition coefficient (Wildman–Crippen LogP) is 0.707. The molecule has 0 saturated carbocycles. The summed E-state index contributed by atoms with van der Waals surface area (Å²) >= 11 is 0. The van der Waals surface area contributed by atoms with E-state index in [1.54, 1.807) is 26.0 Å². The van der Waals surface area contributed by atoms with Gasteiger partial charge < -0.3 is 10.8 Å². The minimum Gasteiger partial charge on any atom is -0.399 e. The van der Waals surface area contributed by atoms with Gasteiger partial charge in [-0.25, -0.2) is 13.1 Å². The molecule has 0 aromatic heterocycles. The molecule has 1 rings (SSSR count). The van der Waals surface area contributed by atoms with Gasteiger partial charge in [0.15, 0.2) is 0 Å². The van der Waals surface area contributed by atoms with Gasteiger partial charge >= 0.3 is 0 Å². The van der Waals surface area contributed by atoms with Crippen LogP contribution < -0.4 is 10.5 Å². The van der Waals surface area contributed by atoms with Crippen molar-refractivity contribution in [3.8, 4) is 0 Å². The summed E-state index contributed by atoms with van der Waals surface area (Å²) in [7, 11) is -3.57. The molecular formula is C11H18N2O3S. The maximum Gasteiger partial charge on any atom is 0.240 e. The van der Waals surface area contributed by atoms with Gasteiger partial charge in [-0.3, -0.25) is 0 Å². The lowest BCUT2D eigenvalue weighted by molar-refractivity contribution is 0.175. The van der Waals surface area contributed by atoms with Gasteiger partial charge in [-0.1, -0.05) is 6.07 Å². The van der Waals surface area contributed by atoms with Crippen LogP contribution in [0.25, 0.3) is 0 Å². The van der Waals surface area contributed by atoms with Crippen molar-refractivity contribution in [2.24, 2.45) is 0 Å². The number of aliphatic hydroxyl groups excluding tert-OH is 1. The summed E-state index contributed by atoms with van der Waals surface area (Å²) < 4.78 is 26.3. The van der Waals surface area contributed by atoms with Crippen LogP contribution in [0.15, 0.2) is 29.2 Å². The average molecular weight is 258 g/mol. The third-order valence-electron chi connectivity index (χ3n) is 2.22. The molecule has 4 N–H and O–H groups in total. The van der Waals surface area contributed by atoms with E-state index in [9.17, 15) is 13.5 Å². The first-order chi connectivity index (χ1) is 7.81. The number of rotatable bonds is 5. The van der Waals surface area contributed by atoms with Crippen LogP contribution in [0.5, 0.6) is 0 Å². The van der Waals surface area contributed by atoms with Gasteiger partial charge in [0.05, 0.1) is 11.0 Å². The van der Waals surface area contributed by atoms with Gasteiger partial charge in [0.25, 0.3) is 0 Å². The second kappa shape index (κ2) is 5.48. The number of nitrogens with two attached hydrogens (primary N) is 1. The molecular weight excluding hydrogens is 240 g/mol. The lowest BCUT2D eigenvalue weighted by atomic mass is 10.2. The van der Waals surface area contributed by atoms with Gasteiger partial charge in [-0.05, 0) is 38.5 Å². The van der Waals surface area contributed by atoms with Crippen molar-refractivity contribution in [3.05, 3.63) is 24.3 Å². The number of benzene rings is 1. The fraction of sp³-hybridized carbons (Fsp3) is 0.455. The molecule has 2 unspecified atom stereocenters. The zero-order chi connectivity index (χ0) is 13.1. The fourth-order valence-electron chi connectivity index (χ4n) is 1.57. The third-order valence-corrected chi connectivity index (χ3v) is 3.81. The van der Waals surface area contributed by atoms with Crippen LogP contribution in [0.1, 0.15) is 20.3 Å². The van der Waals surface area contributed by atoms with E-state index >= 15 is 0 Å². The molecule has 0 saturated heterocycles. The normalized spacial score (nSPS) is 15.5. The highest BCUT2D eigenvalue weighted by molar-refractivity contribution is 7.89. The molecule has 96 valence electrons. The highest BCUT2D eigenvalue weighted by Gasteiger charge is 2.18. The van der Waals surface area contributed by atoms with Crippen molar-refractivity contribution in [1.82, 2.24) is 4.72 Å². The predicted molar refractivity (Wildman–Crippen MR) is 66.9 cm³/mol. The molecule has 0 amide bonds. The maximum atomic E-state index is 11.9. The first-order valence-electron chi connectivity index (χ1n) is 5.37.